The van der Waals surface area contributed by atoms with Gasteiger partial charge in [0.1, 0.15) is 19.3 Å². The number of phosphoric ester groups is 1. The molecule has 2 atom stereocenters. The van der Waals surface area contributed by atoms with Gasteiger partial charge in [-0.15, -0.1) is 0 Å². The number of nitrogens with zero attached hydrogens (tertiary/aromatic N) is 1. The first kappa shape index (κ1) is 57.5. The van der Waals surface area contributed by atoms with Crippen LogP contribution in [-0.4, -0.2) is 70.7 Å². The van der Waals surface area contributed by atoms with Gasteiger partial charge in [0.15, 0.2) is 0 Å². The minimum absolute atomic E-state index is 0.0230. The number of hydrogen-bond acceptors (Lipinski definition) is 7. The van der Waals surface area contributed by atoms with Crippen LogP contribution in [0, 0.1) is 0 Å². The topological polar surface area (TPSA) is 94.1 Å². The average molecular weight is 852 g/mol. The number of carbonyl (C=O) groups excluding carboxylic acids is 1. The highest BCUT2D eigenvalue weighted by Gasteiger charge is 2.20. The zero-order valence-electron chi connectivity index (χ0n) is 39.2. The van der Waals surface area contributed by atoms with E-state index < -0.39 is 13.9 Å². The van der Waals surface area contributed by atoms with Gasteiger partial charge in [-0.1, -0.05) is 178 Å². The fourth-order valence-corrected chi connectivity index (χ4v) is 7.26. The second-order valence-corrected chi connectivity index (χ2v) is 18.9. The zero-order chi connectivity index (χ0) is 43.4. The maximum atomic E-state index is 12.6. The lowest BCUT2D eigenvalue weighted by atomic mass is 10.1. The second-order valence-electron chi connectivity index (χ2n) is 17.5. The number of carbonyl (C=O) groups is 1. The molecular formula is C50H94NO7P. The van der Waals surface area contributed by atoms with Crippen molar-refractivity contribution in [3.8, 4) is 0 Å². The zero-order valence-corrected chi connectivity index (χ0v) is 40.1. The Morgan fingerprint density at radius 2 is 0.949 bits per heavy atom. The Morgan fingerprint density at radius 1 is 0.525 bits per heavy atom. The Morgan fingerprint density at radius 3 is 1.46 bits per heavy atom. The molecule has 2 unspecified atom stereocenters. The van der Waals surface area contributed by atoms with Crippen LogP contribution in [0.15, 0.2) is 48.6 Å². The lowest BCUT2D eigenvalue weighted by Crippen LogP contribution is -2.37. The quantitative estimate of drug-likeness (QED) is 0.0198. The molecule has 59 heavy (non-hydrogen) atoms. The van der Waals surface area contributed by atoms with Crippen LogP contribution in [0.25, 0.3) is 0 Å². The molecule has 0 radical (unpaired) electrons. The number of allylic oxidation sites excluding steroid dienone is 8. The van der Waals surface area contributed by atoms with Crippen molar-refractivity contribution in [2.24, 2.45) is 0 Å². The third kappa shape index (κ3) is 47.4. The number of rotatable bonds is 45. The summed E-state index contributed by atoms with van der Waals surface area (Å²) in [6, 6.07) is 0. The smallest absolute Gasteiger partial charge is 0.306 e. The first-order chi connectivity index (χ1) is 28.6. The number of phosphoric acid groups is 1. The number of ether oxygens (including phenoxy) is 2. The molecule has 0 aromatic heterocycles. The summed E-state index contributed by atoms with van der Waals surface area (Å²) in [6.45, 7) is 5.35. The molecule has 9 heteroatoms. The third-order valence-electron chi connectivity index (χ3n) is 10.4. The van der Waals surface area contributed by atoms with Gasteiger partial charge in [-0.25, -0.2) is 0 Å². The van der Waals surface area contributed by atoms with E-state index in [9.17, 15) is 14.3 Å². The van der Waals surface area contributed by atoms with E-state index >= 15 is 0 Å². The van der Waals surface area contributed by atoms with Crippen LogP contribution in [-0.2, 0) is 27.9 Å². The molecule has 0 aliphatic heterocycles. The fraction of sp³-hybridized carbons (Fsp3) is 0.820. The predicted octanol–water partition coefficient (Wildman–Crippen LogP) is 14.1. The summed E-state index contributed by atoms with van der Waals surface area (Å²) >= 11 is 0. The summed E-state index contributed by atoms with van der Waals surface area (Å²) in [5.74, 6) is -0.346. The summed E-state index contributed by atoms with van der Waals surface area (Å²) in [5.41, 5.74) is 0. The second kappa shape index (κ2) is 43.1. The molecule has 8 nitrogen and oxygen atoms in total. The van der Waals surface area contributed by atoms with Crippen LogP contribution in [0.1, 0.15) is 206 Å². The van der Waals surface area contributed by atoms with E-state index in [-0.39, 0.29) is 25.8 Å². The van der Waals surface area contributed by atoms with Crippen LogP contribution in [0.4, 0.5) is 0 Å². The molecule has 0 bridgehead atoms. The molecule has 0 heterocycles. The monoisotopic (exact) mass is 852 g/mol. The minimum atomic E-state index is -4.53. The van der Waals surface area contributed by atoms with Crippen LogP contribution < -0.4 is 4.89 Å². The van der Waals surface area contributed by atoms with Crippen molar-refractivity contribution < 1.29 is 37.3 Å². The molecule has 0 aliphatic carbocycles. The molecule has 0 aliphatic rings. The maximum absolute atomic E-state index is 12.6. The number of quaternary nitrogens is 1. The van der Waals surface area contributed by atoms with Gasteiger partial charge in [0, 0.05) is 13.0 Å². The van der Waals surface area contributed by atoms with Crippen LogP contribution >= 0.6 is 7.82 Å². The first-order valence-corrected chi connectivity index (χ1v) is 25.8. The highest BCUT2D eigenvalue weighted by Crippen LogP contribution is 2.38. The number of esters is 1. The normalized spacial score (nSPS) is 14.1. The van der Waals surface area contributed by atoms with Crippen molar-refractivity contribution in [3.63, 3.8) is 0 Å². The van der Waals surface area contributed by atoms with E-state index in [1.807, 2.05) is 21.1 Å². The molecule has 346 valence electrons. The summed E-state index contributed by atoms with van der Waals surface area (Å²) in [4.78, 5) is 25.0. The van der Waals surface area contributed by atoms with E-state index in [0.717, 1.165) is 57.8 Å². The molecule has 0 spiro atoms. The summed E-state index contributed by atoms with van der Waals surface area (Å²) in [5, 5.41) is 0. The number of hydrogen-bond donors (Lipinski definition) is 0. The predicted molar refractivity (Wildman–Crippen MR) is 250 cm³/mol. The molecule has 0 fully saturated rings. The molecule has 0 N–H and O–H groups in total. The summed E-state index contributed by atoms with van der Waals surface area (Å²) < 4.78 is 34.6. The van der Waals surface area contributed by atoms with Crippen molar-refractivity contribution >= 4 is 13.8 Å². The SMILES string of the molecule is CCCC/C=C\CCCCCCCC(=O)OC(COCCCCCCCCCCCCC/C=C\C/C=C\C/C=C\CCCCCCC)COP(=O)([O-])OCC[N+](C)(C)C. The Balaban J connectivity index is 4.06. The van der Waals surface area contributed by atoms with Crippen molar-refractivity contribution in [1.82, 2.24) is 0 Å². The molecular weight excluding hydrogens is 758 g/mol. The van der Waals surface area contributed by atoms with E-state index in [2.05, 4.69) is 62.5 Å². The minimum Gasteiger partial charge on any atom is -0.756 e. The summed E-state index contributed by atoms with van der Waals surface area (Å²) in [7, 11) is 1.35. The van der Waals surface area contributed by atoms with Gasteiger partial charge in [-0.05, 0) is 70.6 Å². The molecule has 0 rings (SSSR count). The lowest BCUT2D eigenvalue weighted by Gasteiger charge is -2.28. The summed E-state index contributed by atoms with van der Waals surface area (Å²) in [6.07, 6.45) is 52.8. The van der Waals surface area contributed by atoms with Gasteiger partial charge >= 0.3 is 5.97 Å². The van der Waals surface area contributed by atoms with Gasteiger partial charge in [-0.2, -0.15) is 0 Å². The van der Waals surface area contributed by atoms with Gasteiger partial charge in [-0.3, -0.25) is 9.36 Å². The van der Waals surface area contributed by atoms with Crippen molar-refractivity contribution in [2.75, 3.05) is 54.1 Å². The number of likely N-dealkylation sites (N-methyl/N-ethyl adjacent to an activating group) is 1. The Hall–Kier alpha value is -1.54. The third-order valence-corrected chi connectivity index (χ3v) is 11.3. The van der Waals surface area contributed by atoms with E-state index in [1.54, 1.807) is 0 Å². The van der Waals surface area contributed by atoms with Gasteiger partial charge in [0.05, 0.1) is 34.4 Å². The molecule has 0 saturated heterocycles. The van der Waals surface area contributed by atoms with E-state index in [0.29, 0.717) is 24.1 Å². The Kier molecular flexibility index (Phi) is 42.0. The maximum Gasteiger partial charge on any atom is 0.306 e. The van der Waals surface area contributed by atoms with Gasteiger partial charge in [0.2, 0.25) is 0 Å². The standard InChI is InChI=1S/C50H94NO7P/c1-6-8-10-12-14-16-18-19-20-21-22-23-24-25-26-27-28-29-30-31-32-34-36-38-40-42-45-55-47-49(48-57-59(53,54)56-46-44-51(3,4)5)58-50(52)43-41-39-37-35-33-17-15-13-11-9-7-2/h13,15,18-19,21-22,24-25,49H,6-12,14,16-17,20,23,26-48H2,1-5H3/b15-13-,19-18-,22-21-,25-24-. The largest absolute Gasteiger partial charge is 0.756 e. The highest BCUT2D eigenvalue weighted by atomic mass is 31.2. The van der Waals surface area contributed by atoms with Crippen molar-refractivity contribution in [3.05, 3.63) is 48.6 Å². The van der Waals surface area contributed by atoms with Gasteiger partial charge in [0.25, 0.3) is 7.82 Å². The molecule has 0 amide bonds. The Bertz CT molecular complexity index is 1080. The first-order valence-electron chi connectivity index (χ1n) is 24.4. The van der Waals surface area contributed by atoms with Crippen molar-refractivity contribution in [1.29, 1.82) is 0 Å². The number of unbranched alkanes of at least 4 members (excludes halogenated alkanes) is 23. The molecule has 0 aromatic carbocycles. The lowest BCUT2D eigenvalue weighted by molar-refractivity contribution is -0.870. The average Bonchev–Trinajstić information content (AvgIpc) is 3.19. The van der Waals surface area contributed by atoms with E-state index in [4.69, 9.17) is 18.5 Å². The highest BCUT2D eigenvalue weighted by molar-refractivity contribution is 7.45. The van der Waals surface area contributed by atoms with Gasteiger partial charge < -0.3 is 27.9 Å². The van der Waals surface area contributed by atoms with E-state index in [1.165, 1.54) is 128 Å². The van der Waals surface area contributed by atoms with Crippen LogP contribution in [0.5, 0.6) is 0 Å². The molecule has 0 aromatic rings. The molecule has 0 saturated carbocycles. The van der Waals surface area contributed by atoms with Crippen LogP contribution in [0.3, 0.4) is 0 Å². The Labute approximate surface area is 365 Å². The van der Waals surface area contributed by atoms with Crippen molar-refractivity contribution in [2.45, 2.75) is 213 Å². The van der Waals surface area contributed by atoms with Crippen LogP contribution in [0.2, 0.25) is 0 Å². The fourth-order valence-electron chi connectivity index (χ4n) is 6.53.